The maximum Gasteiger partial charge on any atom is 0.244 e. The van der Waals surface area contributed by atoms with Gasteiger partial charge in [0.15, 0.2) is 0 Å². The van der Waals surface area contributed by atoms with Crippen LogP contribution in [0.15, 0.2) is 31.4 Å². The third kappa shape index (κ3) is 15.0. The molecule has 0 spiro atoms. The van der Waals surface area contributed by atoms with Crippen molar-refractivity contribution in [3.63, 3.8) is 0 Å². The van der Waals surface area contributed by atoms with Crippen molar-refractivity contribution in [1.29, 1.82) is 0 Å². The van der Waals surface area contributed by atoms with Gasteiger partial charge < -0.3 is 4.55 Å². The summed E-state index contributed by atoms with van der Waals surface area (Å²) in [5.41, 5.74) is 0. The Labute approximate surface area is 127 Å². The van der Waals surface area contributed by atoms with Gasteiger partial charge in [-0.05, 0) is 12.8 Å². The maximum atomic E-state index is 8.63. The molecule has 122 valence electrons. The third-order valence-corrected chi connectivity index (χ3v) is 2.86. The van der Waals surface area contributed by atoms with Crippen molar-refractivity contribution < 1.29 is 22.1 Å². The molecule has 1 heterocycles. The molecule has 0 aromatic carbocycles. The van der Waals surface area contributed by atoms with E-state index >= 15 is 0 Å². The van der Waals surface area contributed by atoms with Crippen LogP contribution < -0.4 is 4.57 Å². The minimum atomic E-state index is -4.92. The standard InChI is InChI=1S/C14H25N2.H2O4S/c1-3-5-6-7-8-9-11-16-13-12-15(14-16)10-4-2;1-5(2,3)4/h4,12-14H,2-3,5-11H2,1H3;(H2,1,2,3,4)/q+1;/p-1. The zero-order valence-electron chi connectivity index (χ0n) is 12.6. The Kier molecular flexibility index (Phi) is 10.8. The van der Waals surface area contributed by atoms with E-state index in [1.165, 1.54) is 38.5 Å². The lowest BCUT2D eigenvalue weighted by Crippen LogP contribution is -2.30. The molecule has 0 atom stereocenters. The first-order chi connectivity index (χ1) is 9.86. The van der Waals surface area contributed by atoms with Crippen LogP contribution in [0.25, 0.3) is 0 Å². The average molecular weight is 318 g/mol. The van der Waals surface area contributed by atoms with Crippen molar-refractivity contribution in [2.75, 3.05) is 0 Å². The molecule has 0 aliphatic rings. The van der Waals surface area contributed by atoms with Crippen LogP contribution in [0.3, 0.4) is 0 Å². The Morgan fingerprint density at radius 2 is 1.86 bits per heavy atom. The number of imidazole rings is 1. The van der Waals surface area contributed by atoms with Crippen LogP contribution in [-0.4, -0.2) is 22.1 Å². The van der Waals surface area contributed by atoms with Crippen molar-refractivity contribution in [3.8, 4) is 0 Å². The summed E-state index contributed by atoms with van der Waals surface area (Å²) in [6.07, 6.45) is 16.5. The lowest BCUT2D eigenvalue weighted by Gasteiger charge is -1.98. The molecule has 0 aliphatic carbocycles. The predicted octanol–water partition coefficient (Wildman–Crippen LogP) is 2.33. The van der Waals surface area contributed by atoms with Crippen molar-refractivity contribution in [3.05, 3.63) is 31.4 Å². The minimum absolute atomic E-state index is 0.906. The van der Waals surface area contributed by atoms with Crippen LogP contribution >= 0.6 is 0 Å². The highest BCUT2D eigenvalue weighted by molar-refractivity contribution is 7.79. The maximum absolute atomic E-state index is 8.63. The molecule has 6 nitrogen and oxygen atoms in total. The van der Waals surface area contributed by atoms with E-state index in [1.807, 2.05) is 6.08 Å². The Morgan fingerprint density at radius 1 is 1.29 bits per heavy atom. The summed E-state index contributed by atoms with van der Waals surface area (Å²) in [7, 11) is -4.92. The van der Waals surface area contributed by atoms with Gasteiger partial charge in [-0.2, -0.15) is 0 Å². The van der Waals surface area contributed by atoms with Gasteiger partial charge in [-0.1, -0.05) is 45.3 Å². The zero-order valence-corrected chi connectivity index (χ0v) is 13.5. The number of hydrogen-bond acceptors (Lipinski definition) is 3. The van der Waals surface area contributed by atoms with Gasteiger partial charge in [-0.3, -0.25) is 4.55 Å². The van der Waals surface area contributed by atoms with Gasteiger partial charge >= 0.3 is 0 Å². The van der Waals surface area contributed by atoms with E-state index in [0.717, 1.165) is 13.1 Å². The Morgan fingerprint density at radius 3 is 2.43 bits per heavy atom. The highest BCUT2D eigenvalue weighted by Gasteiger charge is 2.01. The molecule has 7 heteroatoms. The van der Waals surface area contributed by atoms with Gasteiger partial charge in [0.25, 0.3) is 0 Å². The lowest BCUT2D eigenvalue weighted by molar-refractivity contribution is -0.696. The number of hydrogen-bond donors (Lipinski definition) is 1. The summed E-state index contributed by atoms with van der Waals surface area (Å²) >= 11 is 0. The van der Waals surface area contributed by atoms with Gasteiger partial charge in [-0.25, -0.2) is 17.6 Å². The molecule has 0 aliphatic heterocycles. The smallest absolute Gasteiger partial charge is 0.244 e. The molecular formula is C14H26N2O4S. The predicted molar refractivity (Wildman–Crippen MR) is 80.5 cm³/mol. The molecular weight excluding hydrogens is 292 g/mol. The minimum Gasteiger partial charge on any atom is -0.726 e. The van der Waals surface area contributed by atoms with Gasteiger partial charge in [0, 0.05) is 0 Å². The molecule has 0 unspecified atom stereocenters. The fourth-order valence-corrected chi connectivity index (χ4v) is 1.90. The fourth-order valence-electron chi connectivity index (χ4n) is 1.90. The van der Waals surface area contributed by atoms with Crippen LogP contribution in [0.1, 0.15) is 45.4 Å². The molecule has 0 fully saturated rings. The lowest BCUT2D eigenvalue weighted by atomic mass is 10.1. The largest absolute Gasteiger partial charge is 0.726 e. The second kappa shape index (κ2) is 11.5. The van der Waals surface area contributed by atoms with Gasteiger partial charge in [-0.15, -0.1) is 0 Å². The second-order valence-electron chi connectivity index (χ2n) is 4.83. The average Bonchev–Trinajstić information content (AvgIpc) is 2.80. The summed E-state index contributed by atoms with van der Waals surface area (Å²) < 4.78 is 37.3. The van der Waals surface area contributed by atoms with E-state index in [0.29, 0.717) is 0 Å². The molecule has 0 bridgehead atoms. The quantitative estimate of drug-likeness (QED) is 0.249. The summed E-state index contributed by atoms with van der Waals surface area (Å²) in [4.78, 5) is 0. The molecule has 0 radical (unpaired) electrons. The molecule has 1 aromatic rings. The molecule has 0 saturated heterocycles. The van der Waals surface area contributed by atoms with Crippen molar-refractivity contribution >= 4 is 10.4 Å². The molecule has 1 rings (SSSR count). The molecule has 0 saturated carbocycles. The number of aromatic nitrogens is 2. The van der Waals surface area contributed by atoms with Crippen LogP contribution in [0.2, 0.25) is 0 Å². The van der Waals surface area contributed by atoms with E-state index in [2.05, 4.69) is 41.4 Å². The summed E-state index contributed by atoms with van der Waals surface area (Å²) in [6, 6.07) is 0. The highest BCUT2D eigenvalue weighted by Crippen LogP contribution is 2.04. The van der Waals surface area contributed by atoms with E-state index < -0.39 is 10.4 Å². The number of aryl methyl sites for hydroxylation is 1. The Bertz CT molecular complexity index is 475. The Balaban J connectivity index is 0.000000690. The van der Waals surface area contributed by atoms with E-state index in [9.17, 15) is 0 Å². The monoisotopic (exact) mass is 318 g/mol. The van der Waals surface area contributed by atoms with E-state index in [-0.39, 0.29) is 0 Å². The van der Waals surface area contributed by atoms with Crippen LogP contribution in [0.4, 0.5) is 0 Å². The first kappa shape index (κ1) is 19.8. The number of unbranched alkanes of at least 4 members (excludes halogenated alkanes) is 5. The van der Waals surface area contributed by atoms with E-state index in [4.69, 9.17) is 17.5 Å². The first-order valence-electron chi connectivity index (χ1n) is 7.20. The fraction of sp³-hybridized carbons (Fsp3) is 0.643. The Hall–Kier alpha value is -1.18. The molecule has 1 N–H and O–H groups in total. The summed E-state index contributed by atoms with van der Waals surface area (Å²) in [5, 5.41) is 0. The van der Waals surface area contributed by atoms with Crippen LogP contribution in [0.5, 0.6) is 0 Å². The van der Waals surface area contributed by atoms with Crippen LogP contribution in [-0.2, 0) is 23.5 Å². The van der Waals surface area contributed by atoms with Gasteiger partial charge in [0.05, 0.1) is 6.54 Å². The highest BCUT2D eigenvalue weighted by atomic mass is 32.3. The SMILES string of the molecule is C=CCn1cc[n+](CCCCCCCC)c1.O=S(=O)([O-])O. The number of allylic oxidation sites excluding steroid dienone is 1. The van der Waals surface area contributed by atoms with Crippen LogP contribution in [0, 0.1) is 0 Å². The van der Waals surface area contributed by atoms with Gasteiger partial charge in [0.2, 0.25) is 16.7 Å². The molecule has 21 heavy (non-hydrogen) atoms. The number of rotatable bonds is 9. The van der Waals surface area contributed by atoms with Gasteiger partial charge in [0.1, 0.15) is 18.9 Å². The van der Waals surface area contributed by atoms with Crippen molar-refractivity contribution in [1.82, 2.24) is 4.57 Å². The number of nitrogens with zero attached hydrogens (tertiary/aromatic N) is 2. The third-order valence-electron chi connectivity index (χ3n) is 2.86. The molecule has 1 aromatic heterocycles. The molecule has 0 amide bonds. The van der Waals surface area contributed by atoms with E-state index in [1.54, 1.807) is 0 Å². The van der Waals surface area contributed by atoms with Crippen molar-refractivity contribution in [2.45, 2.75) is 58.5 Å². The second-order valence-corrected chi connectivity index (χ2v) is 5.69. The summed E-state index contributed by atoms with van der Waals surface area (Å²) in [5.74, 6) is 0. The topological polar surface area (TPSA) is 86.2 Å². The first-order valence-corrected chi connectivity index (χ1v) is 8.57. The summed E-state index contributed by atoms with van der Waals surface area (Å²) in [6.45, 7) is 8.06. The van der Waals surface area contributed by atoms with Crippen molar-refractivity contribution in [2.24, 2.45) is 0 Å². The normalized spacial score (nSPS) is 10.8. The zero-order chi connectivity index (χ0) is 16.1.